The number of amides is 2. The maximum Gasteiger partial charge on any atom is 0.407 e. The van der Waals surface area contributed by atoms with Crippen LogP contribution in [0.4, 0.5) is 4.79 Å². The molecule has 1 aromatic heterocycles. The molecule has 3 N–H and O–H groups in total. The molecule has 0 aliphatic heterocycles. The summed E-state index contributed by atoms with van der Waals surface area (Å²) in [5.74, 6) is -1.49. The van der Waals surface area contributed by atoms with E-state index in [2.05, 4.69) is 39.9 Å². The van der Waals surface area contributed by atoms with Gasteiger partial charge in [-0.3, -0.25) is 9.59 Å². The summed E-state index contributed by atoms with van der Waals surface area (Å²) in [5.41, 5.74) is 3.86. The number of rotatable bonds is 8. The van der Waals surface area contributed by atoms with Crippen LogP contribution < -0.4 is 10.6 Å². The molecule has 3 aromatic rings. The first-order chi connectivity index (χ1) is 16.2. The summed E-state index contributed by atoms with van der Waals surface area (Å²) in [6.07, 6.45) is -0.773. The molecule has 0 radical (unpaired) electrons. The molecule has 8 nitrogen and oxygen atoms in total. The van der Waals surface area contributed by atoms with Crippen molar-refractivity contribution in [3.05, 3.63) is 75.7 Å². The smallest absolute Gasteiger partial charge is 0.407 e. The fourth-order valence-corrected chi connectivity index (χ4v) is 4.80. The van der Waals surface area contributed by atoms with Gasteiger partial charge in [0.05, 0.1) is 13.0 Å². The van der Waals surface area contributed by atoms with Crippen LogP contribution in [0.5, 0.6) is 0 Å². The van der Waals surface area contributed by atoms with Crippen LogP contribution in [-0.2, 0) is 16.1 Å². The summed E-state index contributed by atoms with van der Waals surface area (Å²) < 4.78 is 5.51. The second-order valence-electron chi connectivity index (χ2n) is 8.71. The van der Waals surface area contributed by atoms with Gasteiger partial charge in [-0.1, -0.05) is 48.5 Å². The molecule has 4 rings (SSSR count). The van der Waals surface area contributed by atoms with E-state index in [0.29, 0.717) is 5.01 Å². The third-order valence-corrected chi connectivity index (χ3v) is 6.41. The van der Waals surface area contributed by atoms with Gasteiger partial charge in [0, 0.05) is 16.8 Å². The van der Waals surface area contributed by atoms with Gasteiger partial charge in [-0.15, -0.1) is 11.3 Å². The molecule has 2 amide bonds. The zero-order chi connectivity index (χ0) is 24.3. The zero-order valence-electron chi connectivity index (χ0n) is 18.8. The first kappa shape index (κ1) is 23.4. The van der Waals surface area contributed by atoms with Gasteiger partial charge in [0.1, 0.15) is 17.3 Å². The molecule has 0 atom stereocenters. The van der Waals surface area contributed by atoms with Gasteiger partial charge in [-0.2, -0.15) is 0 Å². The second kappa shape index (κ2) is 9.64. The molecule has 0 fully saturated rings. The molecule has 0 unspecified atom stereocenters. The van der Waals surface area contributed by atoms with Crippen molar-refractivity contribution in [1.29, 1.82) is 0 Å². The number of aromatic nitrogens is 1. The SMILES string of the molecule is CC(C)(CC(=O)O)NC(=O)c1csc(CNC(=O)OCC2c3ccccc3-c3ccccc32)n1. The van der Waals surface area contributed by atoms with Gasteiger partial charge in [0.25, 0.3) is 5.91 Å². The van der Waals surface area contributed by atoms with Crippen molar-refractivity contribution in [3.63, 3.8) is 0 Å². The highest BCUT2D eigenvalue weighted by atomic mass is 32.1. The van der Waals surface area contributed by atoms with E-state index in [1.54, 1.807) is 19.2 Å². The number of hydrogen-bond donors (Lipinski definition) is 3. The summed E-state index contributed by atoms with van der Waals surface area (Å²) in [6, 6.07) is 16.2. The summed E-state index contributed by atoms with van der Waals surface area (Å²) in [5, 5.41) is 16.4. The maximum atomic E-state index is 12.4. The number of benzene rings is 2. The lowest BCUT2D eigenvalue weighted by Crippen LogP contribution is -2.45. The van der Waals surface area contributed by atoms with Crippen molar-refractivity contribution in [2.45, 2.75) is 38.3 Å². The van der Waals surface area contributed by atoms with Crippen LogP contribution in [0.15, 0.2) is 53.9 Å². The standard InChI is InChI=1S/C25H25N3O5S/c1-25(2,11-22(29)30)28-23(31)20-14-34-21(27-20)12-26-24(32)33-13-19-17-9-5-3-7-15(17)16-8-4-6-10-18(16)19/h3-10,14,19H,11-13H2,1-2H3,(H,26,32)(H,28,31)(H,29,30). The largest absolute Gasteiger partial charge is 0.481 e. The number of hydrogen-bond acceptors (Lipinski definition) is 6. The third kappa shape index (κ3) is 5.26. The summed E-state index contributed by atoms with van der Waals surface area (Å²) in [7, 11) is 0. The number of carboxylic acid groups (broad SMARTS) is 1. The van der Waals surface area contributed by atoms with E-state index in [1.165, 1.54) is 11.3 Å². The number of fused-ring (bicyclic) bond motifs is 3. The van der Waals surface area contributed by atoms with Crippen LogP contribution in [0, 0.1) is 0 Å². The predicted octanol–water partition coefficient (Wildman–Crippen LogP) is 4.16. The highest BCUT2D eigenvalue weighted by molar-refractivity contribution is 7.09. The van der Waals surface area contributed by atoms with Crippen LogP contribution in [0.2, 0.25) is 0 Å². The fraction of sp³-hybridized carbons (Fsp3) is 0.280. The van der Waals surface area contributed by atoms with Crippen LogP contribution in [0.1, 0.15) is 52.8 Å². The van der Waals surface area contributed by atoms with E-state index in [1.807, 2.05) is 24.3 Å². The molecule has 1 aliphatic carbocycles. The number of nitrogens with one attached hydrogen (secondary N) is 2. The Labute approximate surface area is 201 Å². The Balaban J connectivity index is 1.31. The summed E-state index contributed by atoms with van der Waals surface area (Å²) >= 11 is 1.23. The fourth-order valence-electron chi connectivity index (χ4n) is 4.09. The second-order valence-corrected chi connectivity index (χ2v) is 9.66. The number of carboxylic acids is 1. The minimum absolute atomic E-state index is 0.0255. The summed E-state index contributed by atoms with van der Waals surface area (Å²) in [4.78, 5) is 39.9. The lowest BCUT2D eigenvalue weighted by Gasteiger charge is -2.23. The molecule has 34 heavy (non-hydrogen) atoms. The summed E-state index contributed by atoms with van der Waals surface area (Å²) in [6.45, 7) is 3.59. The van der Waals surface area contributed by atoms with E-state index in [-0.39, 0.29) is 31.2 Å². The molecule has 2 aromatic carbocycles. The van der Waals surface area contributed by atoms with Crippen molar-refractivity contribution >= 4 is 29.3 Å². The molecular weight excluding hydrogens is 454 g/mol. The van der Waals surface area contributed by atoms with Crippen LogP contribution in [-0.4, -0.2) is 40.2 Å². The number of nitrogens with zero attached hydrogens (tertiary/aromatic N) is 1. The number of alkyl carbamates (subject to hydrolysis) is 1. The van der Waals surface area contributed by atoms with E-state index in [4.69, 9.17) is 9.84 Å². The molecule has 0 spiro atoms. The molecular formula is C25H25N3O5S. The van der Waals surface area contributed by atoms with Gasteiger partial charge in [0.15, 0.2) is 0 Å². The Morgan fingerprint density at radius 1 is 1.06 bits per heavy atom. The van der Waals surface area contributed by atoms with Gasteiger partial charge in [-0.05, 0) is 36.1 Å². The highest BCUT2D eigenvalue weighted by Crippen LogP contribution is 2.44. The van der Waals surface area contributed by atoms with E-state index < -0.39 is 23.5 Å². The first-order valence-electron chi connectivity index (χ1n) is 10.8. The van der Waals surface area contributed by atoms with Crippen molar-refractivity contribution in [2.24, 2.45) is 0 Å². The Hall–Kier alpha value is -3.72. The van der Waals surface area contributed by atoms with Crippen molar-refractivity contribution < 1.29 is 24.2 Å². The molecule has 176 valence electrons. The normalized spacial score (nSPS) is 12.5. The molecule has 1 aliphatic rings. The van der Waals surface area contributed by atoms with Crippen molar-refractivity contribution in [1.82, 2.24) is 15.6 Å². The topological polar surface area (TPSA) is 118 Å². The maximum absolute atomic E-state index is 12.4. The Morgan fingerprint density at radius 2 is 1.68 bits per heavy atom. The number of aliphatic carboxylic acids is 1. The quantitative estimate of drug-likeness (QED) is 0.446. The monoisotopic (exact) mass is 479 g/mol. The average molecular weight is 480 g/mol. The molecule has 1 heterocycles. The Kier molecular flexibility index (Phi) is 6.65. The van der Waals surface area contributed by atoms with Crippen LogP contribution in [0.25, 0.3) is 11.1 Å². The lowest BCUT2D eigenvalue weighted by molar-refractivity contribution is -0.138. The van der Waals surface area contributed by atoms with Gasteiger partial charge < -0.3 is 20.5 Å². The molecule has 0 bridgehead atoms. The first-order valence-corrected chi connectivity index (χ1v) is 11.7. The van der Waals surface area contributed by atoms with Gasteiger partial charge in [-0.25, -0.2) is 9.78 Å². The minimum atomic E-state index is -1.00. The molecule has 0 saturated heterocycles. The van der Waals surface area contributed by atoms with E-state index in [0.717, 1.165) is 22.3 Å². The highest BCUT2D eigenvalue weighted by Gasteiger charge is 2.29. The predicted molar refractivity (Wildman–Crippen MR) is 128 cm³/mol. The van der Waals surface area contributed by atoms with E-state index in [9.17, 15) is 14.4 Å². The number of carbonyl (C=O) groups excluding carboxylic acids is 2. The Morgan fingerprint density at radius 3 is 2.29 bits per heavy atom. The number of thiazole rings is 1. The third-order valence-electron chi connectivity index (χ3n) is 5.56. The Bertz CT molecular complexity index is 1190. The molecule has 9 heteroatoms. The lowest BCUT2D eigenvalue weighted by atomic mass is 9.98. The van der Waals surface area contributed by atoms with Gasteiger partial charge in [0.2, 0.25) is 0 Å². The zero-order valence-corrected chi connectivity index (χ0v) is 19.6. The van der Waals surface area contributed by atoms with Crippen molar-refractivity contribution in [2.75, 3.05) is 6.61 Å². The minimum Gasteiger partial charge on any atom is -0.481 e. The number of ether oxygens (including phenoxy) is 1. The van der Waals surface area contributed by atoms with Crippen LogP contribution >= 0.6 is 11.3 Å². The van der Waals surface area contributed by atoms with E-state index >= 15 is 0 Å². The van der Waals surface area contributed by atoms with Gasteiger partial charge >= 0.3 is 12.1 Å². The van der Waals surface area contributed by atoms with Crippen molar-refractivity contribution in [3.8, 4) is 11.1 Å². The van der Waals surface area contributed by atoms with Crippen LogP contribution in [0.3, 0.4) is 0 Å². The number of carbonyl (C=O) groups is 3. The molecule has 0 saturated carbocycles. The average Bonchev–Trinajstić information content (AvgIpc) is 3.38.